The second kappa shape index (κ2) is 5.85. The van der Waals surface area contributed by atoms with Crippen molar-refractivity contribution in [3.63, 3.8) is 0 Å². The smallest absolute Gasteiger partial charge is 0.128 e. The number of aromatic nitrogens is 2. The van der Waals surface area contributed by atoms with Crippen LogP contribution in [-0.4, -0.2) is 28.0 Å². The SMILES string of the molecule is CC1CNc2c(CCCO)cnn2C1c1ccccc1F. The maximum atomic E-state index is 14.2. The molecule has 1 aromatic heterocycles. The van der Waals surface area contributed by atoms with Crippen LogP contribution in [0.2, 0.25) is 0 Å². The van der Waals surface area contributed by atoms with E-state index in [1.807, 2.05) is 23.0 Å². The fourth-order valence-corrected chi connectivity index (χ4v) is 3.02. The third kappa shape index (κ3) is 2.53. The van der Waals surface area contributed by atoms with E-state index in [0.717, 1.165) is 24.3 Å². The molecular formula is C16H20FN3O. The molecule has 0 radical (unpaired) electrons. The third-order valence-corrected chi connectivity index (χ3v) is 4.09. The van der Waals surface area contributed by atoms with Crippen LogP contribution in [0.4, 0.5) is 10.2 Å². The van der Waals surface area contributed by atoms with Crippen molar-refractivity contribution in [2.24, 2.45) is 5.92 Å². The van der Waals surface area contributed by atoms with Crippen molar-refractivity contribution in [3.8, 4) is 0 Å². The summed E-state index contributed by atoms with van der Waals surface area (Å²) in [7, 11) is 0. The van der Waals surface area contributed by atoms with Crippen LogP contribution in [0.1, 0.15) is 30.5 Å². The van der Waals surface area contributed by atoms with Crippen molar-refractivity contribution < 1.29 is 9.50 Å². The highest BCUT2D eigenvalue weighted by atomic mass is 19.1. The number of rotatable bonds is 4. The van der Waals surface area contributed by atoms with Gasteiger partial charge in [-0.1, -0.05) is 25.1 Å². The van der Waals surface area contributed by atoms with Crippen molar-refractivity contribution in [2.45, 2.75) is 25.8 Å². The summed E-state index contributed by atoms with van der Waals surface area (Å²) in [5, 5.41) is 16.8. The van der Waals surface area contributed by atoms with Crippen molar-refractivity contribution in [1.29, 1.82) is 0 Å². The molecule has 0 saturated heterocycles. The van der Waals surface area contributed by atoms with Gasteiger partial charge in [-0.05, 0) is 18.9 Å². The molecule has 3 rings (SSSR count). The number of halogens is 1. The van der Waals surface area contributed by atoms with Gasteiger partial charge in [-0.2, -0.15) is 5.10 Å². The summed E-state index contributed by atoms with van der Waals surface area (Å²) in [5.41, 5.74) is 1.77. The van der Waals surface area contributed by atoms with Crippen molar-refractivity contribution in [3.05, 3.63) is 47.4 Å². The normalized spacial score (nSPS) is 20.9. The third-order valence-electron chi connectivity index (χ3n) is 4.09. The lowest BCUT2D eigenvalue weighted by Gasteiger charge is -2.32. The largest absolute Gasteiger partial charge is 0.396 e. The van der Waals surface area contributed by atoms with Gasteiger partial charge in [0.05, 0.1) is 12.2 Å². The van der Waals surface area contributed by atoms with Crippen molar-refractivity contribution in [1.82, 2.24) is 9.78 Å². The van der Waals surface area contributed by atoms with Crippen LogP contribution in [0.5, 0.6) is 0 Å². The molecule has 5 heteroatoms. The second-order valence-electron chi connectivity index (χ2n) is 5.61. The average molecular weight is 289 g/mol. The van der Waals surface area contributed by atoms with E-state index >= 15 is 0 Å². The zero-order valence-electron chi connectivity index (χ0n) is 12.1. The summed E-state index contributed by atoms with van der Waals surface area (Å²) in [6, 6.07) is 6.82. The molecule has 2 unspecified atom stereocenters. The predicted octanol–water partition coefficient (Wildman–Crippen LogP) is 2.60. The summed E-state index contributed by atoms with van der Waals surface area (Å²) in [6.45, 7) is 3.05. The molecule has 0 fully saturated rings. The minimum Gasteiger partial charge on any atom is -0.396 e. The fraction of sp³-hybridized carbons (Fsp3) is 0.438. The van der Waals surface area contributed by atoms with Crippen LogP contribution < -0.4 is 5.32 Å². The van der Waals surface area contributed by atoms with Gasteiger partial charge in [-0.3, -0.25) is 0 Å². The molecule has 2 aromatic rings. The van der Waals surface area contributed by atoms with Gasteiger partial charge in [0, 0.05) is 30.2 Å². The molecule has 112 valence electrons. The van der Waals surface area contributed by atoms with Crippen LogP contribution in [0.25, 0.3) is 0 Å². The van der Waals surface area contributed by atoms with Crippen molar-refractivity contribution >= 4 is 5.82 Å². The average Bonchev–Trinajstić information content (AvgIpc) is 2.89. The molecule has 0 spiro atoms. The van der Waals surface area contributed by atoms with E-state index in [-0.39, 0.29) is 24.4 Å². The lowest BCUT2D eigenvalue weighted by Crippen LogP contribution is -2.32. The molecule has 4 nitrogen and oxygen atoms in total. The molecule has 0 bridgehead atoms. The van der Waals surface area contributed by atoms with Gasteiger partial charge in [-0.15, -0.1) is 0 Å². The molecule has 1 aliphatic rings. The van der Waals surface area contributed by atoms with Crippen LogP contribution in [0.15, 0.2) is 30.5 Å². The first kappa shape index (κ1) is 14.1. The quantitative estimate of drug-likeness (QED) is 0.909. The summed E-state index contributed by atoms with van der Waals surface area (Å²) < 4.78 is 16.0. The molecule has 2 atom stereocenters. The fourth-order valence-electron chi connectivity index (χ4n) is 3.02. The summed E-state index contributed by atoms with van der Waals surface area (Å²) in [6.07, 6.45) is 3.31. The number of aliphatic hydroxyl groups is 1. The second-order valence-corrected chi connectivity index (χ2v) is 5.61. The number of aryl methyl sites for hydroxylation is 1. The van der Waals surface area contributed by atoms with Gasteiger partial charge < -0.3 is 10.4 Å². The Bertz CT molecular complexity index is 626. The number of anilines is 1. The Kier molecular flexibility index (Phi) is 3.92. The number of nitrogens with one attached hydrogen (secondary N) is 1. The van der Waals surface area contributed by atoms with Crippen LogP contribution in [0.3, 0.4) is 0 Å². The number of aliphatic hydroxyl groups excluding tert-OH is 1. The van der Waals surface area contributed by atoms with Crippen LogP contribution in [-0.2, 0) is 6.42 Å². The van der Waals surface area contributed by atoms with Crippen LogP contribution >= 0.6 is 0 Å². The Morgan fingerprint density at radius 3 is 3.00 bits per heavy atom. The minimum absolute atomic E-state index is 0.0923. The van der Waals surface area contributed by atoms with Gasteiger partial charge in [-0.25, -0.2) is 9.07 Å². The number of hydrogen-bond donors (Lipinski definition) is 2. The Labute approximate surface area is 123 Å². The van der Waals surface area contributed by atoms with E-state index in [4.69, 9.17) is 5.11 Å². The van der Waals surface area contributed by atoms with Gasteiger partial charge >= 0.3 is 0 Å². The van der Waals surface area contributed by atoms with Crippen LogP contribution in [0, 0.1) is 11.7 Å². The molecule has 1 aliphatic heterocycles. The Morgan fingerprint density at radius 2 is 2.24 bits per heavy atom. The highest BCUT2D eigenvalue weighted by Crippen LogP contribution is 2.36. The zero-order valence-corrected chi connectivity index (χ0v) is 12.1. The summed E-state index contributed by atoms with van der Waals surface area (Å²) in [5.74, 6) is 1.02. The first-order valence-corrected chi connectivity index (χ1v) is 7.38. The Balaban J connectivity index is 2.00. The van der Waals surface area contributed by atoms with Gasteiger partial charge in [0.1, 0.15) is 11.6 Å². The van der Waals surface area contributed by atoms with Gasteiger partial charge in [0.15, 0.2) is 0 Å². The molecule has 0 saturated carbocycles. The van der Waals surface area contributed by atoms with E-state index in [0.29, 0.717) is 12.0 Å². The molecule has 2 N–H and O–H groups in total. The predicted molar refractivity (Wildman–Crippen MR) is 79.8 cm³/mol. The van der Waals surface area contributed by atoms with E-state index in [1.54, 1.807) is 6.07 Å². The Morgan fingerprint density at radius 1 is 1.43 bits per heavy atom. The highest BCUT2D eigenvalue weighted by Gasteiger charge is 2.31. The maximum Gasteiger partial charge on any atom is 0.128 e. The molecule has 0 aliphatic carbocycles. The summed E-state index contributed by atoms with van der Waals surface area (Å²) >= 11 is 0. The van der Waals surface area contributed by atoms with E-state index in [9.17, 15) is 4.39 Å². The zero-order chi connectivity index (χ0) is 14.8. The van der Waals surface area contributed by atoms with Gasteiger partial charge in [0.2, 0.25) is 0 Å². The minimum atomic E-state index is -0.186. The maximum absolute atomic E-state index is 14.2. The van der Waals surface area contributed by atoms with E-state index in [1.165, 1.54) is 6.07 Å². The Hall–Kier alpha value is -1.88. The lowest BCUT2D eigenvalue weighted by atomic mass is 9.92. The van der Waals surface area contributed by atoms with E-state index in [2.05, 4.69) is 17.3 Å². The summed E-state index contributed by atoms with van der Waals surface area (Å²) in [4.78, 5) is 0. The molecule has 21 heavy (non-hydrogen) atoms. The monoisotopic (exact) mass is 289 g/mol. The van der Waals surface area contributed by atoms with Gasteiger partial charge in [0.25, 0.3) is 0 Å². The molecule has 1 aromatic carbocycles. The first-order valence-electron chi connectivity index (χ1n) is 7.38. The van der Waals surface area contributed by atoms with E-state index < -0.39 is 0 Å². The topological polar surface area (TPSA) is 50.1 Å². The van der Waals surface area contributed by atoms with Crippen molar-refractivity contribution in [2.75, 3.05) is 18.5 Å². The molecule has 0 amide bonds. The number of hydrogen-bond acceptors (Lipinski definition) is 3. The number of benzene rings is 1. The molecule has 2 heterocycles. The first-order chi connectivity index (χ1) is 10.2. The highest BCUT2D eigenvalue weighted by molar-refractivity contribution is 5.47. The molecular weight excluding hydrogens is 269 g/mol. The lowest BCUT2D eigenvalue weighted by molar-refractivity contribution is 0.288. The number of fused-ring (bicyclic) bond motifs is 1. The number of nitrogens with zero attached hydrogens (tertiary/aromatic N) is 2. The standard InChI is InChI=1S/C16H20FN3O/c1-11-9-18-16-12(5-4-8-21)10-19-20(16)15(11)13-6-2-3-7-14(13)17/h2-3,6-7,10-11,15,18,21H,4-5,8-9H2,1H3.